The van der Waals surface area contributed by atoms with Gasteiger partial charge in [0, 0.05) is 13.6 Å². The first-order valence-corrected chi connectivity index (χ1v) is 5.52. The van der Waals surface area contributed by atoms with Crippen LogP contribution in [0.3, 0.4) is 0 Å². The fourth-order valence-corrected chi connectivity index (χ4v) is 1.49. The molecule has 0 saturated heterocycles. The molecule has 2 unspecified atom stereocenters. The lowest BCUT2D eigenvalue weighted by molar-refractivity contribution is -0.146. The third-order valence-corrected chi connectivity index (χ3v) is 2.44. The molecule has 0 bridgehead atoms. The largest absolute Gasteiger partial charge is 0.469 e. The topological polar surface area (TPSA) is 72.6 Å². The van der Waals surface area contributed by atoms with Crippen LogP contribution in [0.4, 0.5) is 0 Å². The third-order valence-electron chi connectivity index (χ3n) is 2.44. The number of likely N-dealkylation sites (N-methyl/N-ethyl adjacent to an activating group) is 1. The van der Waals surface area contributed by atoms with E-state index in [1.807, 2.05) is 6.92 Å². The van der Waals surface area contributed by atoms with E-state index in [-0.39, 0.29) is 17.8 Å². The second kappa shape index (κ2) is 7.22. The summed E-state index contributed by atoms with van der Waals surface area (Å²) in [6.45, 7) is 4.04. The summed E-state index contributed by atoms with van der Waals surface area (Å²) in [6.07, 6.45) is 1.53. The number of rotatable bonds is 6. The fraction of sp³-hybridized carbons (Fsp3) is 0.818. The number of amides is 1. The number of esters is 1. The summed E-state index contributed by atoms with van der Waals surface area (Å²) in [7, 11) is 2.99. The van der Waals surface area contributed by atoms with Crippen molar-refractivity contribution in [2.75, 3.05) is 20.7 Å². The Bertz CT molecular complexity index is 243. The molecule has 0 saturated carbocycles. The first kappa shape index (κ1) is 14.9. The molecule has 0 radical (unpaired) electrons. The van der Waals surface area contributed by atoms with Crippen LogP contribution in [0.5, 0.6) is 0 Å². The molecule has 0 aliphatic rings. The first-order chi connectivity index (χ1) is 7.43. The van der Waals surface area contributed by atoms with Crippen molar-refractivity contribution in [3.8, 4) is 0 Å². The molecule has 0 aliphatic carbocycles. The van der Waals surface area contributed by atoms with E-state index in [0.29, 0.717) is 13.0 Å². The number of ether oxygens (including phenoxy) is 1. The molecule has 0 heterocycles. The number of hydrogen-bond acceptors (Lipinski definition) is 4. The van der Waals surface area contributed by atoms with E-state index in [9.17, 15) is 9.59 Å². The highest BCUT2D eigenvalue weighted by Crippen LogP contribution is 2.04. The van der Waals surface area contributed by atoms with Gasteiger partial charge in [-0.3, -0.25) is 9.59 Å². The Morgan fingerprint density at radius 1 is 1.44 bits per heavy atom. The molecule has 16 heavy (non-hydrogen) atoms. The molecule has 1 amide bonds. The van der Waals surface area contributed by atoms with Crippen molar-refractivity contribution in [1.82, 2.24) is 4.90 Å². The zero-order valence-corrected chi connectivity index (χ0v) is 10.5. The molecule has 2 atom stereocenters. The summed E-state index contributed by atoms with van der Waals surface area (Å²) in [5.41, 5.74) is 5.71. The van der Waals surface area contributed by atoms with Crippen LogP contribution in [0.25, 0.3) is 0 Å². The van der Waals surface area contributed by atoms with Gasteiger partial charge in [-0.15, -0.1) is 0 Å². The fourth-order valence-electron chi connectivity index (χ4n) is 1.49. The van der Waals surface area contributed by atoms with Crippen LogP contribution in [0.1, 0.15) is 26.7 Å². The predicted octanol–water partition coefficient (Wildman–Crippen LogP) is 0.381. The van der Waals surface area contributed by atoms with Crippen LogP contribution in [0.15, 0.2) is 0 Å². The van der Waals surface area contributed by atoms with Crippen molar-refractivity contribution < 1.29 is 14.3 Å². The van der Waals surface area contributed by atoms with Crippen molar-refractivity contribution in [1.29, 1.82) is 0 Å². The van der Waals surface area contributed by atoms with Gasteiger partial charge in [-0.05, 0) is 6.42 Å². The van der Waals surface area contributed by atoms with Gasteiger partial charge in [0.05, 0.1) is 19.1 Å². The van der Waals surface area contributed by atoms with Gasteiger partial charge >= 0.3 is 5.97 Å². The van der Waals surface area contributed by atoms with Crippen molar-refractivity contribution >= 4 is 11.9 Å². The highest BCUT2D eigenvalue weighted by atomic mass is 16.5. The predicted molar refractivity (Wildman–Crippen MR) is 61.7 cm³/mol. The molecule has 0 spiro atoms. The van der Waals surface area contributed by atoms with E-state index < -0.39 is 6.04 Å². The maximum absolute atomic E-state index is 11.7. The minimum atomic E-state index is -0.472. The van der Waals surface area contributed by atoms with E-state index in [1.54, 1.807) is 14.0 Å². The molecule has 0 rings (SSSR count). The zero-order valence-electron chi connectivity index (χ0n) is 10.5. The van der Waals surface area contributed by atoms with E-state index in [0.717, 1.165) is 6.42 Å². The molecule has 0 aromatic rings. The number of carbonyl (C=O) groups is 2. The average Bonchev–Trinajstić information content (AvgIpc) is 2.26. The summed E-state index contributed by atoms with van der Waals surface area (Å²) in [5.74, 6) is -0.769. The van der Waals surface area contributed by atoms with Crippen molar-refractivity contribution in [2.45, 2.75) is 32.7 Å². The second-order valence-electron chi connectivity index (χ2n) is 4.04. The average molecular weight is 230 g/mol. The van der Waals surface area contributed by atoms with Gasteiger partial charge in [0.25, 0.3) is 0 Å². The van der Waals surface area contributed by atoms with E-state index >= 15 is 0 Å². The van der Waals surface area contributed by atoms with Gasteiger partial charge in [0.2, 0.25) is 5.91 Å². The number of nitrogens with zero attached hydrogens (tertiary/aromatic N) is 1. The number of carbonyl (C=O) groups excluding carboxylic acids is 2. The van der Waals surface area contributed by atoms with Gasteiger partial charge < -0.3 is 15.4 Å². The highest BCUT2D eigenvalue weighted by molar-refractivity contribution is 5.82. The van der Waals surface area contributed by atoms with Gasteiger partial charge in [-0.25, -0.2) is 0 Å². The second-order valence-corrected chi connectivity index (χ2v) is 4.04. The van der Waals surface area contributed by atoms with Gasteiger partial charge in [-0.2, -0.15) is 0 Å². The number of nitrogens with two attached hydrogens (primary N) is 1. The monoisotopic (exact) mass is 230 g/mol. The van der Waals surface area contributed by atoms with E-state index in [1.165, 1.54) is 12.0 Å². The molecule has 94 valence electrons. The van der Waals surface area contributed by atoms with Crippen LogP contribution < -0.4 is 5.73 Å². The Kier molecular flexibility index (Phi) is 6.72. The quantitative estimate of drug-likeness (QED) is 0.670. The molecular weight excluding hydrogens is 208 g/mol. The summed E-state index contributed by atoms with van der Waals surface area (Å²) >= 11 is 0. The van der Waals surface area contributed by atoms with Crippen molar-refractivity contribution in [3.05, 3.63) is 0 Å². The SMILES string of the molecule is CCCC(N)C(=O)N(C)CC(C)C(=O)OC. The standard InChI is InChI=1S/C11H22N2O3/c1-5-6-9(12)10(14)13(3)7-8(2)11(15)16-4/h8-9H,5-7,12H2,1-4H3. The minimum Gasteiger partial charge on any atom is -0.469 e. The molecular formula is C11H22N2O3. The lowest BCUT2D eigenvalue weighted by atomic mass is 10.1. The first-order valence-electron chi connectivity index (χ1n) is 5.52. The summed E-state index contributed by atoms with van der Waals surface area (Å²) in [4.78, 5) is 24.4. The van der Waals surface area contributed by atoms with E-state index in [4.69, 9.17) is 5.73 Å². The molecule has 0 aliphatic heterocycles. The summed E-state index contributed by atoms with van der Waals surface area (Å²) in [5, 5.41) is 0. The Labute approximate surface area is 96.9 Å². The molecule has 0 aromatic carbocycles. The van der Waals surface area contributed by atoms with Crippen molar-refractivity contribution in [2.24, 2.45) is 11.7 Å². The summed E-state index contributed by atoms with van der Waals surface area (Å²) < 4.78 is 4.59. The van der Waals surface area contributed by atoms with Crippen molar-refractivity contribution in [3.63, 3.8) is 0 Å². The Morgan fingerprint density at radius 3 is 2.44 bits per heavy atom. The molecule has 0 fully saturated rings. The van der Waals surface area contributed by atoms with Gasteiger partial charge in [-0.1, -0.05) is 20.3 Å². The van der Waals surface area contributed by atoms with Crippen LogP contribution >= 0.6 is 0 Å². The molecule has 5 nitrogen and oxygen atoms in total. The Balaban J connectivity index is 4.19. The van der Waals surface area contributed by atoms with Crippen LogP contribution in [-0.2, 0) is 14.3 Å². The summed E-state index contributed by atoms with van der Waals surface area (Å²) in [6, 6.07) is -0.472. The third kappa shape index (κ3) is 4.61. The Hall–Kier alpha value is -1.10. The maximum Gasteiger partial charge on any atom is 0.310 e. The minimum absolute atomic E-state index is 0.127. The number of hydrogen-bond donors (Lipinski definition) is 1. The normalized spacial score (nSPS) is 14.1. The van der Waals surface area contributed by atoms with Crippen LogP contribution in [0.2, 0.25) is 0 Å². The number of methoxy groups -OCH3 is 1. The smallest absolute Gasteiger partial charge is 0.310 e. The Morgan fingerprint density at radius 2 is 2.00 bits per heavy atom. The van der Waals surface area contributed by atoms with Crippen LogP contribution in [-0.4, -0.2) is 43.5 Å². The lowest BCUT2D eigenvalue weighted by Gasteiger charge is -2.23. The zero-order chi connectivity index (χ0) is 12.7. The molecule has 2 N–H and O–H groups in total. The van der Waals surface area contributed by atoms with Gasteiger partial charge in [0.1, 0.15) is 0 Å². The molecule has 5 heteroatoms. The van der Waals surface area contributed by atoms with E-state index in [2.05, 4.69) is 4.74 Å². The van der Waals surface area contributed by atoms with Crippen LogP contribution in [0, 0.1) is 5.92 Å². The molecule has 0 aromatic heterocycles. The maximum atomic E-state index is 11.7. The highest BCUT2D eigenvalue weighted by Gasteiger charge is 2.21. The lowest BCUT2D eigenvalue weighted by Crippen LogP contribution is -2.44. The van der Waals surface area contributed by atoms with Gasteiger partial charge in [0.15, 0.2) is 0 Å².